The van der Waals surface area contributed by atoms with Gasteiger partial charge in [0.25, 0.3) is 0 Å². The Morgan fingerprint density at radius 1 is 1.13 bits per heavy atom. The summed E-state index contributed by atoms with van der Waals surface area (Å²) in [6.45, 7) is 1.95. The lowest BCUT2D eigenvalue weighted by atomic mass is 9.88. The third kappa shape index (κ3) is 4.23. The van der Waals surface area contributed by atoms with E-state index in [2.05, 4.69) is 57.7 Å². The Kier molecular flexibility index (Phi) is 5.74. The highest BCUT2D eigenvalue weighted by Crippen LogP contribution is 2.37. The van der Waals surface area contributed by atoms with Gasteiger partial charge in [-0.05, 0) is 48.9 Å². The number of amides is 1. The Labute approximate surface area is 190 Å². The molecule has 5 rings (SSSR count). The van der Waals surface area contributed by atoms with Crippen molar-refractivity contribution in [2.75, 3.05) is 0 Å². The molecular formula is C25H23N3OS2. The summed E-state index contributed by atoms with van der Waals surface area (Å²) in [5.74, 6) is 0.0528. The molecule has 2 heterocycles. The molecule has 0 spiro atoms. The van der Waals surface area contributed by atoms with Gasteiger partial charge in [0.15, 0.2) is 0 Å². The Morgan fingerprint density at radius 3 is 2.81 bits per heavy atom. The number of hydrogen-bond acceptors (Lipinski definition) is 5. The van der Waals surface area contributed by atoms with Crippen LogP contribution in [0.25, 0.3) is 20.7 Å². The van der Waals surface area contributed by atoms with Crippen molar-refractivity contribution in [2.45, 2.75) is 42.5 Å². The SMILES string of the molecule is CC(Sc1ncnc2sc(-c3ccccc3)cc12)C(=O)NC1CCCc2ccccc21. The van der Waals surface area contributed by atoms with Crippen LogP contribution in [-0.2, 0) is 11.2 Å². The predicted molar refractivity (Wildman–Crippen MR) is 128 cm³/mol. The number of aryl methyl sites for hydroxylation is 1. The molecule has 2 aromatic heterocycles. The number of hydrogen-bond donors (Lipinski definition) is 1. The van der Waals surface area contributed by atoms with Gasteiger partial charge in [-0.3, -0.25) is 4.79 Å². The fourth-order valence-electron chi connectivity index (χ4n) is 4.09. The average molecular weight is 446 g/mol. The molecular weight excluding hydrogens is 422 g/mol. The number of aromatic nitrogens is 2. The molecule has 0 aliphatic heterocycles. The van der Waals surface area contributed by atoms with Gasteiger partial charge in [0.2, 0.25) is 5.91 Å². The Bertz CT molecular complexity index is 1220. The molecule has 4 aromatic rings. The van der Waals surface area contributed by atoms with Crippen molar-refractivity contribution in [1.82, 2.24) is 15.3 Å². The molecule has 1 amide bonds. The van der Waals surface area contributed by atoms with Gasteiger partial charge in [-0.1, -0.05) is 66.4 Å². The van der Waals surface area contributed by atoms with E-state index < -0.39 is 0 Å². The smallest absolute Gasteiger partial charge is 0.233 e. The second-order valence-corrected chi connectivity index (χ2v) is 10.1. The highest BCUT2D eigenvalue weighted by molar-refractivity contribution is 8.00. The lowest BCUT2D eigenvalue weighted by Crippen LogP contribution is -2.35. The minimum Gasteiger partial charge on any atom is -0.348 e. The summed E-state index contributed by atoms with van der Waals surface area (Å²) < 4.78 is 0. The summed E-state index contributed by atoms with van der Waals surface area (Å²) in [7, 11) is 0. The van der Waals surface area contributed by atoms with Crippen LogP contribution in [0, 0.1) is 0 Å². The second-order valence-electron chi connectivity index (χ2n) is 7.79. The Hall–Kier alpha value is -2.70. The van der Waals surface area contributed by atoms with Crippen LogP contribution in [0.15, 0.2) is 72.0 Å². The van der Waals surface area contributed by atoms with E-state index in [4.69, 9.17) is 0 Å². The third-order valence-corrected chi connectivity index (χ3v) is 7.90. The van der Waals surface area contributed by atoms with Gasteiger partial charge in [-0.15, -0.1) is 11.3 Å². The minimum atomic E-state index is -0.243. The summed E-state index contributed by atoms with van der Waals surface area (Å²) in [5.41, 5.74) is 3.78. The highest BCUT2D eigenvalue weighted by Gasteiger charge is 2.25. The predicted octanol–water partition coefficient (Wildman–Crippen LogP) is 6.03. The Balaban J connectivity index is 1.34. The number of thioether (sulfide) groups is 1. The zero-order valence-corrected chi connectivity index (χ0v) is 18.9. The maximum atomic E-state index is 13.0. The molecule has 1 aliphatic carbocycles. The van der Waals surface area contributed by atoms with Crippen LogP contribution < -0.4 is 5.32 Å². The lowest BCUT2D eigenvalue weighted by Gasteiger charge is -2.27. The number of benzene rings is 2. The van der Waals surface area contributed by atoms with Crippen molar-refractivity contribution in [3.63, 3.8) is 0 Å². The van der Waals surface area contributed by atoms with Crippen LogP contribution >= 0.6 is 23.1 Å². The zero-order valence-electron chi connectivity index (χ0n) is 17.2. The molecule has 0 saturated heterocycles. The van der Waals surface area contributed by atoms with Crippen molar-refractivity contribution in [3.05, 3.63) is 78.1 Å². The van der Waals surface area contributed by atoms with Gasteiger partial charge in [0, 0.05) is 10.3 Å². The van der Waals surface area contributed by atoms with Crippen LogP contribution in [0.1, 0.15) is 36.9 Å². The third-order valence-electron chi connectivity index (χ3n) is 5.69. The summed E-state index contributed by atoms with van der Waals surface area (Å²) in [6, 6.07) is 21.0. The summed E-state index contributed by atoms with van der Waals surface area (Å²) >= 11 is 3.16. The van der Waals surface area contributed by atoms with Gasteiger partial charge in [-0.2, -0.15) is 0 Å². The van der Waals surface area contributed by atoms with Crippen molar-refractivity contribution >= 4 is 39.2 Å². The van der Waals surface area contributed by atoms with Crippen LogP contribution in [0.3, 0.4) is 0 Å². The second kappa shape index (κ2) is 8.81. The normalized spacial score (nSPS) is 16.6. The number of carbonyl (C=O) groups is 1. The first-order valence-electron chi connectivity index (χ1n) is 10.5. The van der Waals surface area contributed by atoms with Crippen molar-refractivity contribution in [1.29, 1.82) is 0 Å². The van der Waals surface area contributed by atoms with E-state index in [9.17, 15) is 4.79 Å². The van der Waals surface area contributed by atoms with Gasteiger partial charge in [-0.25, -0.2) is 9.97 Å². The molecule has 6 heteroatoms. The van der Waals surface area contributed by atoms with E-state index in [0.717, 1.165) is 39.4 Å². The number of rotatable bonds is 5. The van der Waals surface area contributed by atoms with E-state index in [1.165, 1.54) is 28.5 Å². The van der Waals surface area contributed by atoms with Crippen molar-refractivity contribution < 1.29 is 4.79 Å². The fourth-order valence-corrected chi connectivity index (χ4v) is 6.06. The summed E-state index contributed by atoms with van der Waals surface area (Å²) in [6.07, 6.45) is 4.78. The first kappa shape index (κ1) is 20.2. The van der Waals surface area contributed by atoms with Gasteiger partial charge in [0.1, 0.15) is 16.2 Å². The molecule has 0 bridgehead atoms. The largest absolute Gasteiger partial charge is 0.348 e. The molecule has 156 valence electrons. The Morgan fingerprint density at radius 2 is 1.94 bits per heavy atom. The zero-order chi connectivity index (χ0) is 21.2. The molecule has 2 aromatic carbocycles. The summed E-state index contributed by atoms with van der Waals surface area (Å²) in [4.78, 5) is 24.1. The molecule has 0 radical (unpaired) electrons. The van der Waals surface area contributed by atoms with Crippen LogP contribution in [0.4, 0.5) is 0 Å². The van der Waals surface area contributed by atoms with E-state index in [1.807, 2.05) is 25.1 Å². The van der Waals surface area contributed by atoms with Gasteiger partial charge >= 0.3 is 0 Å². The standard InChI is InChI=1S/C25H23N3OS2/c1-16(23(29)28-21-13-7-11-17-8-5-6-12-19(17)21)30-24-20-14-22(18-9-3-2-4-10-18)31-25(20)27-15-26-24/h2-6,8-10,12,14-16,21H,7,11,13H2,1H3,(H,28,29). The topological polar surface area (TPSA) is 54.9 Å². The summed E-state index contributed by atoms with van der Waals surface area (Å²) in [5, 5.41) is 4.90. The van der Waals surface area contributed by atoms with Gasteiger partial charge in [0.05, 0.1) is 11.3 Å². The van der Waals surface area contributed by atoms with Crippen LogP contribution in [0.5, 0.6) is 0 Å². The molecule has 0 fully saturated rings. The number of nitrogens with zero attached hydrogens (tertiary/aromatic N) is 2. The fraction of sp³-hybridized carbons (Fsp3) is 0.240. The molecule has 2 unspecified atom stereocenters. The monoisotopic (exact) mass is 445 g/mol. The first-order valence-corrected chi connectivity index (χ1v) is 12.2. The van der Waals surface area contributed by atoms with Crippen molar-refractivity contribution in [2.24, 2.45) is 0 Å². The molecule has 1 aliphatic rings. The van der Waals surface area contributed by atoms with Crippen LogP contribution in [-0.4, -0.2) is 21.1 Å². The first-order chi connectivity index (χ1) is 15.2. The highest BCUT2D eigenvalue weighted by atomic mass is 32.2. The van der Waals surface area contributed by atoms with E-state index in [0.29, 0.717) is 0 Å². The molecule has 4 nitrogen and oxygen atoms in total. The van der Waals surface area contributed by atoms with E-state index >= 15 is 0 Å². The molecule has 1 N–H and O–H groups in total. The van der Waals surface area contributed by atoms with Crippen LogP contribution in [0.2, 0.25) is 0 Å². The number of fused-ring (bicyclic) bond motifs is 2. The average Bonchev–Trinajstić information content (AvgIpc) is 3.25. The number of carbonyl (C=O) groups excluding carboxylic acids is 1. The maximum Gasteiger partial charge on any atom is 0.233 e. The van der Waals surface area contributed by atoms with E-state index in [-0.39, 0.29) is 17.2 Å². The van der Waals surface area contributed by atoms with Crippen molar-refractivity contribution in [3.8, 4) is 10.4 Å². The quantitative estimate of drug-likeness (QED) is 0.301. The number of nitrogens with one attached hydrogen (secondary N) is 1. The van der Waals surface area contributed by atoms with Gasteiger partial charge < -0.3 is 5.32 Å². The number of thiophene rings is 1. The molecule has 2 atom stereocenters. The molecule has 0 saturated carbocycles. The van der Waals surface area contributed by atoms with E-state index in [1.54, 1.807) is 17.7 Å². The maximum absolute atomic E-state index is 13.0. The lowest BCUT2D eigenvalue weighted by molar-refractivity contribution is -0.121. The minimum absolute atomic E-state index is 0.0528. The molecule has 31 heavy (non-hydrogen) atoms.